The number of carbonyl (C=O) groups is 2. The normalized spacial score (nSPS) is 12.1. The summed E-state index contributed by atoms with van der Waals surface area (Å²) in [5.74, 6) is -0.835. The molecule has 0 saturated heterocycles. The number of halogens is 2. The molecular weight excluding hydrogens is 593 g/mol. The number of amides is 2. The largest absolute Gasteiger partial charge is 0.354 e. The van der Waals surface area contributed by atoms with Crippen LogP contribution in [0, 0.1) is 20.8 Å². The summed E-state index contributed by atoms with van der Waals surface area (Å²) in [7, 11) is -4.15. The molecule has 1 N–H and O–H groups in total. The zero-order valence-corrected chi connectivity index (χ0v) is 27.1. The average molecular weight is 633 g/mol. The van der Waals surface area contributed by atoms with Gasteiger partial charge in [-0.3, -0.25) is 13.9 Å². The number of nitrogens with zero attached hydrogens (tertiary/aromatic N) is 2. The molecule has 0 unspecified atom stereocenters. The number of rotatable bonds is 13. The summed E-state index contributed by atoms with van der Waals surface area (Å²) in [6.45, 7) is 9.41. The third-order valence-electron chi connectivity index (χ3n) is 7.08. The number of hydrogen-bond donors (Lipinski definition) is 1. The number of aryl methyl sites for hydroxylation is 3. The fourth-order valence-corrected chi connectivity index (χ4v) is 6.64. The number of benzene rings is 3. The van der Waals surface area contributed by atoms with Crippen LogP contribution in [-0.4, -0.2) is 44.3 Å². The van der Waals surface area contributed by atoms with Crippen LogP contribution in [0.5, 0.6) is 0 Å². The van der Waals surface area contributed by atoms with Crippen molar-refractivity contribution in [1.29, 1.82) is 0 Å². The molecule has 0 fully saturated rings. The van der Waals surface area contributed by atoms with Crippen molar-refractivity contribution < 1.29 is 18.0 Å². The Labute approximate surface area is 259 Å². The molecule has 0 spiro atoms. The maximum atomic E-state index is 14.2. The average Bonchev–Trinajstić information content (AvgIpc) is 2.93. The number of hydrogen-bond acceptors (Lipinski definition) is 4. The molecule has 0 radical (unpaired) electrons. The molecule has 2 amide bonds. The highest BCUT2D eigenvalue weighted by Crippen LogP contribution is 2.29. The highest BCUT2D eigenvalue weighted by Gasteiger charge is 2.34. The van der Waals surface area contributed by atoms with Crippen LogP contribution in [-0.2, 0) is 26.2 Å². The second kappa shape index (κ2) is 14.9. The van der Waals surface area contributed by atoms with Crippen LogP contribution in [0.25, 0.3) is 0 Å². The smallest absolute Gasteiger partial charge is 0.264 e. The van der Waals surface area contributed by atoms with Crippen molar-refractivity contribution in [2.75, 3.05) is 17.4 Å². The molecule has 42 heavy (non-hydrogen) atoms. The van der Waals surface area contributed by atoms with Gasteiger partial charge >= 0.3 is 0 Å². The first-order chi connectivity index (χ1) is 19.9. The minimum atomic E-state index is -4.15. The van der Waals surface area contributed by atoms with Crippen molar-refractivity contribution in [2.45, 2.75) is 71.4 Å². The van der Waals surface area contributed by atoms with Crippen molar-refractivity contribution >= 4 is 50.7 Å². The van der Waals surface area contributed by atoms with Crippen LogP contribution >= 0.6 is 23.2 Å². The van der Waals surface area contributed by atoms with Gasteiger partial charge in [0.1, 0.15) is 12.6 Å². The number of unbranched alkanes of at least 4 members (excludes halogenated alkanes) is 1. The second-order valence-corrected chi connectivity index (χ2v) is 13.1. The van der Waals surface area contributed by atoms with Crippen molar-refractivity contribution in [2.24, 2.45) is 0 Å². The van der Waals surface area contributed by atoms with Gasteiger partial charge in [0.2, 0.25) is 11.8 Å². The van der Waals surface area contributed by atoms with Crippen LogP contribution in [0.15, 0.2) is 65.6 Å². The maximum Gasteiger partial charge on any atom is 0.264 e. The van der Waals surface area contributed by atoms with Crippen molar-refractivity contribution in [1.82, 2.24) is 10.2 Å². The van der Waals surface area contributed by atoms with E-state index in [1.807, 2.05) is 46.8 Å². The van der Waals surface area contributed by atoms with E-state index in [9.17, 15) is 18.0 Å². The number of nitrogens with one attached hydrogen (secondary N) is 1. The maximum absolute atomic E-state index is 14.2. The van der Waals surface area contributed by atoms with E-state index < -0.39 is 28.5 Å². The van der Waals surface area contributed by atoms with Gasteiger partial charge in [0.15, 0.2) is 0 Å². The summed E-state index contributed by atoms with van der Waals surface area (Å²) in [6, 6.07) is 16.0. The lowest BCUT2D eigenvalue weighted by Crippen LogP contribution is -2.52. The Morgan fingerprint density at radius 2 is 1.57 bits per heavy atom. The monoisotopic (exact) mass is 631 g/mol. The third-order valence-corrected chi connectivity index (χ3v) is 9.44. The highest BCUT2D eigenvalue weighted by molar-refractivity contribution is 7.92. The predicted octanol–water partition coefficient (Wildman–Crippen LogP) is 6.84. The zero-order valence-electron chi connectivity index (χ0n) is 24.8. The lowest BCUT2D eigenvalue weighted by Gasteiger charge is -2.33. The summed E-state index contributed by atoms with van der Waals surface area (Å²) in [5, 5.41) is 3.71. The van der Waals surface area contributed by atoms with Crippen LogP contribution in [0.1, 0.15) is 55.4 Å². The molecule has 0 aliphatic rings. The van der Waals surface area contributed by atoms with Crippen molar-refractivity contribution in [3.8, 4) is 0 Å². The van der Waals surface area contributed by atoms with Gasteiger partial charge < -0.3 is 10.2 Å². The summed E-state index contributed by atoms with van der Waals surface area (Å²) in [4.78, 5) is 29.0. The minimum Gasteiger partial charge on any atom is -0.354 e. The van der Waals surface area contributed by atoms with Gasteiger partial charge in [-0.15, -0.1) is 0 Å². The first-order valence-corrected chi connectivity index (χ1v) is 16.3. The van der Waals surface area contributed by atoms with Gasteiger partial charge in [0.25, 0.3) is 10.0 Å². The van der Waals surface area contributed by atoms with Gasteiger partial charge in [-0.25, -0.2) is 8.42 Å². The van der Waals surface area contributed by atoms with E-state index in [1.165, 1.54) is 17.0 Å². The van der Waals surface area contributed by atoms with Gasteiger partial charge in [-0.2, -0.15) is 0 Å². The standard InChI is InChI=1S/C32H39Cl2N3O4S/c1-6-8-17-35-32(39)29(7-2)36(20-25-12-13-26(33)19-28(25)34)31(38)21-37(30-16-11-23(4)18-24(30)5)42(40,41)27-14-9-22(3)10-15-27/h9-16,18-19,29H,6-8,17,20-21H2,1-5H3,(H,35,39)/t29-/m0/s1. The number of sulfonamides is 1. The van der Waals surface area contributed by atoms with Gasteiger partial charge in [0, 0.05) is 23.1 Å². The minimum absolute atomic E-state index is 0.000159. The molecule has 0 aromatic heterocycles. The zero-order chi connectivity index (χ0) is 31.0. The van der Waals surface area contributed by atoms with E-state index >= 15 is 0 Å². The Hall–Kier alpha value is -3.07. The summed E-state index contributed by atoms with van der Waals surface area (Å²) in [5.41, 5.74) is 3.56. The molecule has 0 heterocycles. The van der Waals surface area contributed by atoms with Crippen LogP contribution in [0.2, 0.25) is 10.0 Å². The second-order valence-electron chi connectivity index (χ2n) is 10.4. The molecule has 226 valence electrons. The Bertz CT molecular complexity index is 1510. The quantitative estimate of drug-likeness (QED) is 0.209. The lowest BCUT2D eigenvalue weighted by molar-refractivity contribution is -0.140. The number of carbonyl (C=O) groups excluding carboxylic acids is 2. The SMILES string of the molecule is CCCCNC(=O)[C@H](CC)N(Cc1ccc(Cl)cc1Cl)C(=O)CN(c1ccc(C)cc1C)S(=O)(=O)c1ccc(C)cc1. The highest BCUT2D eigenvalue weighted by atomic mass is 35.5. The lowest BCUT2D eigenvalue weighted by atomic mass is 10.1. The van der Waals surface area contributed by atoms with E-state index in [2.05, 4.69) is 5.32 Å². The molecule has 10 heteroatoms. The fourth-order valence-electron chi connectivity index (χ4n) is 4.70. The molecule has 3 aromatic rings. The fraction of sp³-hybridized carbons (Fsp3) is 0.375. The third kappa shape index (κ3) is 8.27. The Balaban J connectivity index is 2.09. The van der Waals surface area contributed by atoms with E-state index in [0.29, 0.717) is 39.8 Å². The Morgan fingerprint density at radius 3 is 2.17 bits per heavy atom. The molecular formula is C32H39Cl2N3O4S. The van der Waals surface area contributed by atoms with Crippen LogP contribution < -0.4 is 9.62 Å². The molecule has 3 rings (SSSR count). The van der Waals surface area contributed by atoms with Gasteiger partial charge in [-0.05, 0) is 75.1 Å². The Morgan fingerprint density at radius 1 is 0.905 bits per heavy atom. The summed E-state index contributed by atoms with van der Waals surface area (Å²) >= 11 is 12.6. The molecule has 1 atom stereocenters. The molecule has 0 aliphatic carbocycles. The first kappa shape index (κ1) is 33.4. The first-order valence-electron chi connectivity index (χ1n) is 14.1. The van der Waals surface area contributed by atoms with E-state index in [0.717, 1.165) is 28.3 Å². The van der Waals surface area contributed by atoms with Crippen LogP contribution in [0.4, 0.5) is 5.69 Å². The summed E-state index contributed by atoms with van der Waals surface area (Å²) < 4.78 is 29.3. The van der Waals surface area contributed by atoms with Crippen LogP contribution in [0.3, 0.4) is 0 Å². The molecule has 0 bridgehead atoms. The molecule has 3 aromatic carbocycles. The number of anilines is 1. The summed E-state index contributed by atoms with van der Waals surface area (Å²) in [6.07, 6.45) is 2.03. The van der Waals surface area contributed by atoms with Crippen molar-refractivity contribution in [3.63, 3.8) is 0 Å². The van der Waals surface area contributed by atoms with E-state index in [4.69, 9.17) is 23.2 Å². The molecule has 0 aliphatic heterocycles. The molecule has 0 saturated carbocycles. The van der Waals surface area contributed by atoms with Crippen molar-refractivity contribution in [3.05, 3.63) is 93.0 Å². The predicted molar refractivity (Wildman–Crippen MR) is 171 cm³/mol. The van der Waals surface area contributed by atoms with E-state index in [-0.39, 0.29) is 17.3 Å². The van der Waals surface area contributed by atoms with Gasteiger partial charge in [-0.1, -0.05) is 84.9 Å². The van der Waals surface area contributed by atoms with E-state index in [1.54, 1.807) is 36.4 Å². The Kier molecular flexibility index (Phi) is 11.9. The van der Waals surface area contributed by atoms with Gasteiger partial charge in [0.05, 0.1) is 10.6 Å². The molecule has 7 nitrogen and oxygen atoms in total. The topological polar surface area (TPSA) is 86.8 Å².